The molecule has 2 amide bonds. The Labute approximate surface area is 135 Å². The Hall–Kier alpha value is -2.63. The minimum absolute atomic E-state index is 0.0223. The van der Waals surface area contributed by atoms with E-state index in [-0.39, 0.29) is 12.1 Å². The minimum Gasteiger partial charge on any atom is -0.496 e. The van der Waals surface area contributed by atoms with Gasteiger partial charge in [-0.2, -0.15) is 0 Å². The third-order valence-corrected chi connectivity index (χ3v) is 4.02. The molecule has 1 saturated heterocycles. The summed E-state index contributed by atoms with van der Waals surface area (Å²) in [5.41, 5.74) is 1.04. The average Bonchev–Trinajstić information content (AvgIpc) is 3.04. The molecule has 2 heterocycles. The lowest BCUT2D eigenvalue weighted by molar-refractivity contribution is 0.206. The van der Waals surface area contributed by atoms with Gasteiger partial charge < -0.3 is 9.64 Å². The minimum atomic E-state index is -0.142. The third kappa shape index (κ3) is 3.26. The van der Waals surface area contributed by atoms with Gasteiger partial charge in [0.15, 0.2) is 0 Å². The summed E-state index contributed by atoms with van der Waals surface area (Å²) in [6.07, 6.45) is 3.54. The Balaban J connectivity index is 1.80. The molecule has 120 valence electrons. The van der Waals surface area contributed by atoms with Crippen LogP contribution in [-0.2, 0) is 0 Å². The van der Waals surface area contributed by atoms with Crippen LogP contribution in [0.2, 0.25) is 0 Å². The normalized spacial score (nSPS) is 17.1. The van der Waals surface area contributed by atoms with Crippen LogP contribution in [0.3, 0.4) is 0 Å². The highest BCUT2D eigenvalue weighted by Gasteiger charge is 2.31. The van der Waals surface area contributed by atoms with Gasteiger partial charge in [0, 0.05) is 18.3 Å². The number of likely N-dealkylation sites (tertiary alicyclic amines) is 1. The number of anilines is 1. The molecule has 1 N–H and O–H groups in total. The number of aromatic nitrogens is 2. The van der Waals surface area contributed by atoms with Gasteiger partial charge >= 0.3 is 6.03 Å². The number of ether oxygens (including phenoxy) is 1. The fraction of sp³-hybridized carbons (Fsp3) is 0.353. The molecule has 1 fully saturated rings. The number of para-hydroxylation sites is 1. The van der Waals surface area contributed by atoms with Gasteiger partial charge in [-0.15, -0.1) is 0 Å². The van der Waals surface area contributed by atoms with Gasteiger partial charge in [-0.05, 0) is 31.9 Å². The van der Waals surface area contributed by atoms with E-state index in [0.717, 1.165) is 30.7 Å². The van der Waals surface area contributed by atoms with Gasteiger partial charge in [0.1, 0.15) is 17.4 Å². The molecular formula is C17H20N4O2. The number of hydrogen-bond acceptors (Lipinski definition) is 4. The first-order valence-corrected chi connectivity index (χ1v) is 7.69. The Morgan fingerprint density at radius 1 is 1.35 bits per heavy atom. The van der Waals surface area contributed by atoms with Gasteiger partial charge in [0.05, 0.1) is 13.2 Å². The number of carbonyl (C=O) groups excluding carboxylic acids is 1. The molecule has 0 saturated carbocycles. The number of rotatable bonds is 3. The van der Waals surface area contributed by atoms with Crippen LogP contribution in [0.5, 0.6) is 5.75 Å². The highest BCUT2D eigenvalue weighted by atomic mass is 16.5. The molecule has 3 rings (SSSR count). The van der Waals surface area contributed by atoms with E-state index in [1.165, 1.54) is 0 Å². The second-order valence-corrected chi connectivity index (χ2v) is 5.51. The molecule has 6 nitrogen and oxygen atoms in total. The van der Waals surface area contributed by atoms with Crippen molar-refractivity contribution in [1.29, 1.82) is 0 Å². The van der Waals surface area contributed by atoms with Crippen molar-refractivity contribution in [3.05, 3.63) is 47.9 Å². The number of amides is 2. The molecule has 1 aromatic carbocycles. The molecule has 0 aliphatic carbocycles. The van der Waals surface area contributed by atoms with Gasteiger partial charge in [-0.1, -0.05) is 18.2 Å². The lowest BCUT2D eigenvalue weighted by Crippen LogP contribution is -2.34. The van der Waals surface area contributed by atoms with Crippen molar-refractivity contribution in [2.45, 2.75) is 25.8 Å². The third-order valence-electron chi connectivity index (χ3n) is 4.02. The SMILES string of the molecule is COc1ccccc1C1CCCN1C(=O)Nc1ccnc(C)n1. The number of methoxy groups -OCH3 is 1. The first-order valence-electron chi connectivity index (χ1n) is 7.69. The molecule has 0 bridgehead atoms. The second kappa shape index (κ2) is 6.64. The number of carbonyl (C=O) groups is 1. The molecule has 1 atom stereocenters. The van der Waals surface area contributed by atoms with Crippen LogP contribution in [0.15, 0.2) is 36.5 Å². The van der Waals surface area contributed by atoms with Crippen molar-refractivity contribution < 1.29 is 9.53 Å². The molecule has 1 aliphatic heterocycles. The Morgan fingerprint density at radius 2 is 2.17 bits per heavy atom. The van der Waals surface area contributed by atoms with Crippen molar-refractivity contribution in [3.8, 4) is 5.75 Å². The number of nitrogens with zero attached hydrogens (tertiary/aromatic N) is 3. The van der Waals surface area contributed by atoms with E-state index in [4.69, 9.17) is 4.74 Å². The Bertz CT molecular complexity index is 704. The van der Waals surface area contributed by atoms with Gasteiger partial charge in [-0.3, -0.25) is 5.32 Å². The molecule has 1 unspecified atom stereocenters. The van der Waals surface area contributed by atoms with Crippen LogP contribution in [0.25, 0.3) is 0 Å². The fourth-order valence-electron chi connectivity index (χ4n) is 2.98. The van der Waals surface area contributed by atoms with E-state index in [1.807, 2.05) is 29.2 Å². The molecule has 0 radical (unpaired) electrons. The molecule has 1 aliphatic rings. The maximum Gasteiger partial charge on any atom is 0.323 e. The van der Waals surface area contributed by atoms with Gasteiger partial charge in [0.2, 0.25) is 0 Å². The first-order chi connectivity index (χ1) is 11.2. The molecule has 1 aromatic heterocycles. The zero-order chi connectivity index (χ0) is 16.2. The summed E-state index contributed by atoms with van der Waals surface area (Å²) >= 11 is 0. The fourth-order valence-corrected chi connectivity index (χ4v) is 2.98. The monoisotopic (exact) mass is 312 g/mol. The molecule has 23 heavy (non-hydrogen) atoms. The van der Waals surface area contributed by atoms with Crippen molar-refractivity contribution >= 4 is 11.8 Å². The number of nitrogens with one attached hydrogen (secondary N) is 1. The predicted molar refractivity (Wildman–Crippen MR) is 87.5 cm³/mol. The zero-order valence-corrected chi connectivity index (χ0v) is 13.3. The molecule has 6 heteroatoms. The van der Waals surface area contributed by atoms with Crippen molar-refractivity contribution in [2.75, 3.05) is 19.0 Å². The summed E-state index contributed by atoms with van der Waals surface area (Å²) in [7, 11) is 1.65. The summed E-state index contributed by atoms with van der Waals surface area (Å²) in [6.45, 7) is 2.52. The van der Waals surface area contributed by atoms with Crippen LogP contribution in [-0.4, -0.2) is 34.6 Å². The topological polar surface area (TPSA) is 67.3 Å². The Kier molecular flexibility index (Phi) is 4.41. The molecule has 2 aromatic rings. The smallest absolute Gasteiger partial charge is 0.323 e. The predicted octanol–water partition coefficient (Wildman–Crippen LogP) is 3.16. The second-order valence-electron chi connectivity index (χ2n) is 5.51. The first kappa shape index (κ1) is 15.3. The van der Waals surface area contributed by atoms with E-state index in [0.29, 0.717) is 11.6 Å². The summed E-state index contributed by atoms with van der Waals surface area (Å²) in [5, 5.41) is 2.86. The van der Waals surface area contributed by atoms with Crippen LogP contribution >= 0.6 is 0 Å². The summed E-state index contributed by atoms with van der Waals surface area (Å²) in [5.74, 6) is 1.97. The van der Waals surface area contributed by atoms with E-state index in [2.05, 4.69) is 15.3 Å². The van der Waals surface area contributed by atoms with Crippen LogP contribution < -0.4 is 10.1 Å². The average molecular weight is 312 g/mol. The van der Waals surface area contributed by atoms with Gasteiger partial charge in [0.25, 0.3) is 0 Å². The lowest BCUT2D eigenvalue weighted by Gasteiger charge is -2.26. The van der Waals surface area contributed by atoms with Crippen LogP contribution in [0.4, 0.5) is 10.6 Å². The number of aryl methyl sites for hydroxylation is 1. The highest BCUT2D eigenvalue weighted by molar-refractivity contribution is 5.88. The maximum atomic E-state index is 12.6. The van der Waals surface area contributed by atoms with E-state index < -0.39 is 0 Å². The molecular weight excluding hydrogens is 292 g/mol. The number of urea groups is 1. The van der Waals surface area contributed by atoms with Gasteiger partial charge in [-0.25, -0.2) is 14.8 Å². The van der Waals surface area contributed by atoms with Crippen molar-refractivity contribution in [1.82, 2.24) is 14.9 Å². The molecule has 0 spiro atoms. The van der Waals surface area contributed by atoms with E-state index in [9.17, 15) is 4.79 Å². The Morgan fingerprint density at radius 3 is 2.96 bits per heavy atom. The maximum absolute atomic E-state index is 12.6. The quantitative estimate of drug-likeness (QED) is 0.945. The van der Waals surface area contributed by atoms with Crippen molar-refractivity contribution in [3.63, 3.8) is 0 Å². The standard InChI is InChI=1S/C17H20N4O2/c1-12-18-10-9-16(19-12)20-17(22)21-11-5-7-14(21)13-6-3-4-8-15(13)23-2/h3-4,6,8-10,14H,5,7,11H2,1-2H3,(H,18,19,20,22). The highest BCUT2D eigenvalue weighted by Crippen LogP contribution is 2.37. The van der Waals surface area contributed by atoms with E-state index in [1.54, 1.807) is 26.3 Å². The largest absolute Gasteiger partial charge is 0.496 e. The summed E-state index contributed by atoms with van der Waals surface area (Å²) < 4.78 is 5.44. The zero-order valence-electron chi connectivity index (χ0n) is 13.3. The summed E-state index contributed by atoms with van der Waals surface area (Å²) in [6, 6.07) is 9.43. The number of hydrogen-bond donors (Lipinski definition) is 1. The van der Waals surface area contributed by atoms with Crippen molar-refractivity contribution in [2.24, 2.45) is 0 Å². The summed E-state index contributed by atoms with van der Waals surface area (Å²) in [4.78, 5) is 22.7. The van der Waals surface area contributed by atoms with Crippen LogP contribution in [0, 0.1) is 6.92 Å². The number of benzene rings is 1. The van der Waals surface area contributed by atoms with Crippen LogP contribution in [0.1, 0.15) is 30.3 Å². The lowest BCUT2D eigenvalue weighted by atomic mass is 10.0. The van der Waals surface area contributed by atoms with E-state index >= 15 is 0 Å².